The van der Waals surface area contributed by atoms with Crippen LogP contribution >= 0.6 is 23.2 Å². The summed E-state index contributed by atoms with van der Waals surface area (Å²) in [5.41, 5.74) is 3.92. The van der Waals surface area contributed by atoms with E-state index in [4.69, 9.17) is 27.9 Å². The van der Waals surface area contributed by atoms with Crippen LogP contribution in [0.5, 0.6) is 5.75 Å². The lowest BCUT2D eigenvalue weighted by Gasteiger charge is -2.14. The molecule has 8 heteroatoms. The molecule has 0 spiro atoms. The standard InChI is InChI=1S/C21H16Cl2N4O2/c1-13-3-2-4-19(27-21(28)24-25-26-27)17(13)12-29-20-11-15(7-10-18(20)23)14-5-8-16(22)9-6-14/h2-11H,12H2,1H3,(H,24,26,28). The Balaban J connectivity index is 1.65. The first-order valence-corrected chi connectivity index (χ1v) is 9.56. The summed E-state index contributed by atoms with van der Waals surface area (Å²) in [6.07, 6.45) is 0. The molecular formula is C21H16Cl2N4O2. The quantitative estimate of drug-likeness (QED) is 0.496. The van der Waals surface area contributed by atoms with Crippen molar-refractivity contribution in [3.05, 3.63) is 92.3 Å². The molecule has 0 bridgehead atoms. The number of aryl methyl sites for hydroxylation is 1. The van der Waals surface area contributed by atoms with Crippen LogP contribution in [-0.4, -0.2) is 20.2 Å². The van der Waals surface area contributed by atoms with Gasteiger partial charge in [-0.1, -0.05) is 53.5 Å². The summed E-state index contributed by atoms with van der Waals surface area (Å²) in [4.78, 5) is 11.9. The molecule has 0 saturated carbocycles. The fourth-order valence-electron chi connectivity index (χ4n) is 3.01. The van der Waals surface area contributed by atoms with Gasteiger partial charge in [-0.15, -0.1) is 0 Å². The molecule has 0 saturated heterocycles. The molecule has 0 aliphatic heterocycles. The number of tetrazole rings is 1. The van der Waals surface area contributed by atoms with Gasteiger partial charge in [-0.25, -0.2) is 9.89 Å². The molecule has 1 heterocycles. The molecule has 0 fully saturated rings. The highest BCUT2D eigenvalue weighted by atomic mass is 35.5. The van der Waals surface area contributed by atoms with E-state index in [2.05, 4.69) is 15.5 Å². The summed E-state index contributed by atoms with van der Waals surface area (Å²) in [6.45, 7) is 2.16. The van der Waals surface area contributed by atoms with Gasteiger partial charge in [0.05, 0.1) is 10.7 Å². The third-order valence-electron chi connectivity index (χ3n) is 4.57. The fraction of sp³-hybridized carbons (Fsp3) is 0.0952. The molecule has 146 valence electrons. The van der Waals surface area contributed by atoms with Crippen molar-refractivity contribution in [2.24, 2.45) is 0 Å². The highest BCUT2D eigenvalue weighted by Crippen LogP contribution is 2.32. The van der Waals surface area contributed by atoms with Crippen LogP contribution in [0.3, 0.4) is 0 Å². The van der Waals surface area contributed by atoms with E-state index >= 15 is 0 Å². The van der Waals surface area contributed by atoms with Crippen molar-refractivity contribution in [3.63, 3.8) is 0 Å². The maximum absolute atomic E-state index is 11.9. The second-order valence-electron chi connectivity index (χ2n) is 6.43. The Hall–Kier alpha value is -3.09. The van der Waals surface area contributed by atoms with Crippen LogP contribution in [0.25, 0.3) is 16.8 Å². The Bertz CT molecular complexity index is 1220. The Labute approximate surface area is 176 Å². The second-order valence-corrected chi connectivity index (χ2v) is 7.28. The van der Waals surface area contributed by atoms with Crippen molar-refractivity contribution in [1.29, 1.82) is 0 Å². The Kier molecular flexibility index (Phi) is 5.38. The number of ether oxygens (including phenoxy) is 1. The predicted molar refractivity (Wildman–Crippen MR) is 113 cm³/mol. The molecule has 4 rings (SSSR count). The number of nitrogens with one attached hydrogen (secondary N) is 1. The van der Waals surface area contributed by atoms with E-state index in [9.17, 15) is 4.79 Å². The number of hydrogen-bond acceptors (Lipinski definition) is 4. The van der Waals surface area contributed by atoms with Crippen LogP contribution in [0.2, 0.25) is 10.0 Å². The van der Waals surface area contributed by atoms with Crippen LogP contribution < -0.4 is 10.4 Å². The highest BCUT2D eigenvalue weighted by molar-refractivity contribution is 6.32. The van der Waals surface area contributed by atoms with E-state index in [1.807, 2.05) is 55.5 Å². The van der Waals surface area contributed by atoms with Crippen LogP contribution in [0.15, 0.2) is 65.5 Å². The van der Waals surface area contributed by atoms with Gasteiger partial charge in [0, 0.05) is 10.6 Å². The molecular weight excluding hydrogens is 411 g/mol. The van der Waals surface area contributed by atoms with E-state index in [-0.39, 0.29) is 6.61 Å². The number of H-pyrrole nitrogens is 1. The summed E-state index contributed by atoms with van der Waals surface area (Å²) in [5, 5.41) is 10.9. The molecule has 0 unspecified atom stereocenters. The van der Waals surface area contributed by atoms with E-state index in [0.29, 0.717) is 21.5 Å². The molecule has 0 aliphatic carbocycles. The summed E-state index contributed by atoms with van der Waals surface area (Å²) in [7, 11) is 0. The predicted octanol–water partition coefficient (Wildman–Crippen LogP) is 4.82. The zero-order valence-electron chi connectivity index (χ0n) is 15.4. The van der Waals surface area contributed by atoms with E-state index in [1.165, 1.54) is 4.68 Å². The molecule has 29 heavy (non-hydrogen) atoms. The number of benzene rings is 3. The minimum atomic E-state index is -0.417. The number of hydrogen-bond donors (Lipinski definition) is 1. The van der Waals surface area contributed by atoms with Crippen LogP contribution in [0.4, 0.5) is 0 Å². The van der Waals surface area contributed by atoms with E-state index < -0.39 is 5.69 Å². The first kappa shape index (κ1) is 19.2. The minimum absolute atomic E-state index is 0.213. The summed E-state index contributed by atoms with van der Waals surface area (Å²) in [6, 6.07) is 18.7. The Morgan fingerprint density at radius 3 is 2.52 bits per heavy atom. The lowest BCUT2D eigenvalue weighted by Crippen LogP contribution is -2.18. The number of nitrogens with zero attached hydrogens (tertiary/aromatic N) is 3. The smallest absolute Gasteiger partial charge is 0.365 e. The first-order valence-electron chi connectivity index (χ1n) is 8.80. The number of aromatic nitrogens is 4. The van der Waals surface area contributed by atoms with Gasteiger partial charge in [-0.2, -0.15) is 4.68 Å². The molecule has 1 N–H and O–H groups in total. The normalized spacial score (nSPS) is 10.9. The molecule has 6 nitrogen and oxygen atoms in total. The average Bonchev–Trinajstić information content (AvgIpc) is 3.14. The van der Waals surface area contributed by atoms with Gasteiger partial charge < -0.3 is 4.74 Å². The van der Waals surface area contributed by atoms with Crippen LogP contribution in [-0.2, 0) is 6.61 Å². The fourth-order valence-corrected chi connectivity index (χ4v) is 3.31. The van der Waals surface area contributed by atoms with Gasteiger partial charge >= 0.3 is 5.69 Å². The zero-order chi connectivity index (χ0) is 20.4. The Morgan fingerprint density at radius 2 is 1.79 bits per heavy atom. The summed E-state index contributed by atoms with van der Waals surface area (Å²) >= 11 is 12.3. The number of halogens is 2. The summed E-state index contributed by atoms with van der Waals surface area (Å²) < 4.78 is 7.24. The molecule has 0 atom stereocenters. The van der Waals surface area contributed by atoms with Crippen LogP contribution in [0.1, 0.15) is 11.1 Å². The minimum Gasteiger partial charge on any atom is -0.487 e. The molecule has 1 aromatic heterocycles. The van der Waals surface area contributed by atoms with Crippen LogP contribution in [0, 0.1) is 6.92 Å². The molecule has 0 radical (unpaired) electrons. The third kappa shape index (κ3) is 4.04. The lowest BCUT2D eigenvalue weighted by atomic mass is 10.1. The molecule has 0 amide bonds. The van der Waals surface area contributed by atoms with Crippen molar-refractivity contribution >= 4 is 23.2 Å². The molecule has 3 aromatic carbocycles. The van der Waals surface area contributed by atoms with Gasteiger partial charge in [-0.3, -0.25) is 0 Å². The maximum atomic E-state index is 11.9. The maximum Gasteiger partial charge on any atom is 0.365 e. The Morgan fingerprint density at radius 1 is 1.03 bits per heavy atom. The van der Waals surface area contributed by atoms with Crippen molar-refractivity contribution in [2.75, 3.05) is 0 Å². The van der Waals surface area contributed by atoms with Gasteiger partial charge in [-0.05, 0) is 64.4 Å². The van der Waals surface area contributed by atoms with Gasteiger partial charge in [0.1, 0.15) is 12.4 Å². The SMILES string of the molecule is Cc1cccc(-n2nn[nH]c2=O)c1COc1cc(-c2ccc(Cl)cc2)ccc1Cl. The monoisotopic (exact) mass is 426 g/mol. The van der Waals surface area contributed by atoms with E-state index in [1.54, 1.807) is 12.1 Å². The second kappa shape index (κ2) is 8.11. The first-order chi connectivity index (χ1) is 14.0. The average molecular weight is 427 g/mol. The van der Waals surface area contributed by atoms with E-state index in [0.717, 1.165) is 22.3 Å². The van der Waals surface area contributed by atoms with Crippen molar-refractivity contribution in [3.8, 4) is 22.6 Å². The number of rotatable bonds is 5. The number of aromatic amines is 1. The topological polar surface area (TPSA) is 72.8 Å². The van der Waals surface area contributed by atoms with Gasteiger partial charge in [0.25, 0.3) is 0 Å². The highest BCUT2D eigenvalue weighted by Gasteiger charge is 2.13. The van der Waals surface area contributed by atoms with Crippen molar-refractivity contribution in [2.45, 2.75) is 13.5 Å². The summed E-state index contributed by atoms with van der Waals surface area (Å²) in [5.74, 6) is 0.542. The molecule has 0 aliphatic rings. The zero-order valence-corrected chi connectivity index (χ0v) is 16.9. The van der Waals surface area contributed by atoms with Gasteiger partial charge in [0.15, 0.2) is 0 Å². The van der Waals surface area contributed by atoms with Gasteiger partial charge in [0.2, 0.25) is 0 Å². The lowest BCUT2D eigenvalue weighted by molar-refractivity contribution is 0.305. The van der Waals surface area contributed by atoms with Crippen molar-refractivity contribution < 1.29 is 4.74 Å². The van der Waals surface area contributed by atoms with Crippen molar-refractivity contribution in [1.82, 2.24) is 20.2 Å². The third-order valence-corrected chi connectivity index (χ3v) is 5.13. The molecule has 4 aromatic rings. The largest absolute Gasteiger partial charge is 0.487 e.